The van der Waals surface area contributed by atoms with E-state index in [1.807, 2.05) is 315 Å². The lowest BCUT2D eigenvalue weighted by Gasteiger charge is -2.22. The van der Waals surface area contributed by atoms with Crippen molar-refractivity contribution >= 4 is 217 Å². The summed E-state index contributed by atoms with van der Waals surface area (Å²) in [5.41, 5.74) is 16.7. The zero-order valence-electron chi connectivity index (χ0n) is 62.7. The van der Waals surface area contributed by atoms with Crippen molar-refractivity contribution in [3.8, 4) is 0 Å². The van der Waals surface area contributed by atoms with Crippen molar-refractivity contribution < 1.29 is 13.7 Å². The lowest BCUT2D eigenvalue weighted by molar-refractivity contribution is 0.591. The molecule has 24 aromatic rings. The molecule has 0 radical (unpaired) electrons. The minimum Gasteiger partial charge on any atom is -0.309 e. The predicted octanol–water partition coefficient (Wildman–Crippen LogP) is 20.9. The number of hydrogen-bond donors (Lipinski definition) is 0. The van der Waals surface area contributed by atoms with Crippen LogP contribution in [-0.4, -0.2) is 43.1 Å². The van der Waals surface area contributed by atoms with E-state index in [4.69, 9.17) is 29.9 Å². The van der Waals surface area contributed by atoms with Crippen LogP contribution in [0, 0.1) is 0 Å². The zero-order chi connectivity index (χ0) is 77.9. The highest BCUT2D eigenvalue weighted by Gasteiger charge is 2.36. The summed E-state index contributed by atoms with van der Waals surface area (Å²) in [5.74, 6) is 0. The average molecular weight is 1560 g/mol. The second-order valence-electron chi connectivity index (χ2n) is 29.4. The molecule has 9 heterocycles. The minimum absolute atomic E-state index is 0.747. The molecule has 0 N–H and O–H groups in total. The third-order valence-corrected chi connectivity index (χ3v) is 32.1. The summed E-state index contributed by atoms with van der Waals surface area (Å²) in [5, 5.41) is 16.0. The molecular formula is C102H66N9O3P3. The molecule has 0 atom stereocenters. The molecule has 9 aromatic heterocycles. The van der Waals surface area contributed by atoms with Crippen molar-refractivity contribution in [2.24, 2.45) is 0 Å². The second kappa shape index (κ2) is 27.7. The Labute approximate surface area is 670 Å². The number of pyridine rings is 6. The fourth-order valence-electron chi connectivity index (χ4n) is 17.5. The Balaban J connectivity index is 0.000000106. The van der Waals surface area contributed by atoms with E-state index in [0.717, 1.165) is 196 Å². The summed E-state index contributed by atoms with van der Waals surface area (Å²) >= 11 is 0. The van der Waals surface area contributed by atoms with Gasteiger partial charge in [0.1, 0.15) is 16.9 Å². The van der Waals surface area contributed by atoms with E-state index < -0.39 is 21.4 Å². The Kier molecular flexibility index (Phi) is 16.4. The summed E-state index contributed by atoms with van der Waals surface area (Å²) in [7, 11) is -9.60. The monoisotopic (exact) mass is 1560 g/mol. The highest BCUT2D eigenvalue weighted by molar-refractivity contribution is 7.86. The molecule has 0 fully saturated rings. The number of hydrogen-bond acceptors (Lipinski definition) is 9. The van der Waals surface area contributed by atoms with Gasteiger partial charge in [-0.2, -0.15) is 0 Å². The molecule has 15 aromatic carbocycles. The van der Waals surface area contributed by atoms with Gasteiger partial charge in [0.15, 0.2) is 21.4 Å². The summed E-state index contributed by atoms with van der Waals surface area (Å²) in [6.07, 6.45) is 0. The van der Waals surface area contributed by atoms with Crippen LogP contribution in [0.3, 0.4) is 0 Å². The van der Waals surface area contributed by atoms with Gasteiger partial charge in [-0.3, -0.25) is 13.2 Å². The van der Waals surface area contributed by atoms with Crippen LogP contribution >= 0.6 is 21.4 Å². The highest BCUT2D eigenvalue weighted by atomic mass is 31.2. The van der Waals surface area contributed by atoms with E-state index in [1.165, 1.54) is 0 Å². The fraction of sp³-hybridized carbons (Fsp3) is 0. The number of imidazole rings is 3. The zero-order valence-corrected chi connectivity index (χ0v) is 65.4. The number of nitrogens with zero attached hydrogens (tertiary/aromatic N) is 9. The molecule has 0 spiro atoms. The predicted molar refractivity (Wildman–Crippen MR) is 487 cm³/mol. The molecule has 12 nitrogen and oxygen atoms in total. The number of benzene rings is 15. The smallest absolute Gasteiger partial charge is 0.173 e. The summed E-state index contributed by atoms with van der Waals surface area (Å²) in [4.78, 5) is 30.9. The standard InChI is InChI=1S/3C34H22N3OP/c38-39(24-13-3-1-4-14-24,25-15-5-2-6-16-25)31-21-11-12-23-22-27-33(36-32(23)31)26-17-7-9-19-29(26)37-30-20-10-8-18-28(30)35-34(27)37;38-39(24-11-3-1-4-12-24,25-13-5-2-6-14-25)26-20-19-23-21-28-33(35-30(23)22-26)27-15-7-9-17-31(27)37-32-18-10-8-16-29(32)36-34(28)37;38-39(24-13-3-1-4-14-24,25-15-5-2-6-16-25)31-21-11-20-30-32(31)33-26(22-23-12-7-8-17-27(23)35-33)34-36-28-18-9-10-19-29(28)37(30)34/h3*1-22H. The quantitative estimate of drug-likeness (QED) is 0.0784. The Bertz CT molecular complexity index is 8190. The highest BCUT2D eigenvalue weighted by Crippen LogP contribution is 2.49. The van der Waals surface area contributed by atoms with Crippen molar-refractivity contribution in [2.45, 2.75) is 0 Å². The Morgan fingerprint density at radius 1 is 0.188 bits per heavy atom. The topological polar surface area (TPSA) is 142 Å². The van der Waals surface area contributed by atoms with Gasteiger partial charge in [-0.1, -0.05) is 309 Å². The maximum atomic E-state index is 15.6. The first-order valence-corrected chi connectivity index (χ1v) is 44.0. The molecule has 0 saturated heterocycles. The molecular weight excluding hydrogens is 1490 g/mol. The summed E-state index contributed by atoms with van der Waals surface area (Å²) in [6.45, 7) is 0. The maximum Gasteiger partial charge on any atom is 0.173 e. The normalized spacial score (nSPS) is 12.2. The first kappa shape index (κ1) is 69.4. The van der Waals surface area contributed by atoms with Gasteiger partial charge < -0.3 is 13.7 Å². The number of rotatable bonds is 9. The number of para-hydroxylation sites is 10. The van der Waals surface area contributed by atoms with E-state index in [0.29, 0.717) is 0 Å². The van der Waals surface area contributed by atoms with Gasteiger partial charge in [0.2, 0.25) is 0 Å². The minimum atomic E-state index is -3.28. The molecule has 15 heteroatoms. The van der Waals surface area contributed by atoms with E-state index >= 15 is 9.13 Å². The first-order valence-electron chi connectivity index (χ1n) is 38.9. The van der Waals surface area contributed by atoms with Crippen LogP contribution in [0.5, 0.6) is 0 Å². The van der Waals surface area contributed by atoms with Crippen LogP contribution in [0.15, 0.2) is 400 Å². The van der Waals surface area contributed by atoms with Crippen molar-refractivity contribution in [1.29, 1.82) is 0 Å². The largest absolute Gasteiger partial charge is 0.309 e. The molecule has 0 aliphatic carbocycles. The van der Waals surface area contributed by atoms with Crippen LogP contribution < -0.4 is 47.7 Å². The fourth-order valence-corrected chi connectivity index (χ4v) is 25.8. The van der Waals surface area contributed by atoms with Gasteiger partial charge in [0.05, 0.1) is 82.8 Å². The van der Waals surface area contributed by atoms with Crippen LogP contribution in [0.4, 0.5) is 0 Å². The second-order valence-corrected chi connectivity index (χ2v) is 37.6. The lowest BCUT2D eigenvalue weighted by atomic mass is 10.1. The van der Waals surface area contributed by atoms with E-state index in [9.17, 15) is 4.57 Å². The maximum absolute atomic E-state index is 15.6. The van der Waals surface area contributed by atoms with Gasteiger partial charge in [0.25, 0.3) is 0 Å². The molecule has 0 bridgehead atoms. The number of fused-ring (bicyclic) bond motifs is 27. The van der Waals surface area contributed by atoms with Crippen LogP contribution in [-0.2, 0) is 13.7 Å². The van der Waals surface area contributed by atoms with Gasteiger partial charge in [0, 0.05) is 96.2 Å². The summed E-state index contributed by atoms with van der Waals surface area (Å²) < 4.78 is 52.6. The third kappa shape index (κ3) is 11.0. The van der Waals surface area contributed by atoms with Gasteiger partial charge >= 0.3 is 0 Å². The van der Waals surface area contributed by atoms with Gasteiger partial charge in [-0.15, -0.1) is 0 Å². The molecule has 24 rings (SSSR count). The van der Waals surface area contributed by atoms with Crippen LogP contribution in [0.25, 0.3) is 148 Å². The van der Waals surface area contributed by atoms with Crippen molar-refractivity contribution in [3.05, 3.63) is 400 Å². The molecule has 0 aliphatic heterocycles. The molecule has 0 aliphatic rings. The van der Waals surface area contributed by atoms with E-state index in [2.05, 4.69) is 98.1 Å². The molecule has 0 amide bonds. The molecule has 552 valence electrons. The lowest BCUT2D eigenvalue weighted by Crippen LogP contribution is -2.26. The van der Waals surface area contributed by atoms with E-state index in [1.54, 1.807) is 0 Å². The van der Waals surface area contributed by atoms with Crippen LogP contribution in [0.2, 0.25) is 0 Å². The first-order chi connectivity index (χ1) is 57.7. The molecule has 0 unspecified atom stereocenters. The van der Waals surface area contributed by atoms with Gasteiger partial charge in [-0.05, 0) is 91.0 Å². The van der Waals surface area contributed by atoms with Crippen molar-refractivity contribution in [1.82, 2.24) is 43.1 Å². The summed E-state index contributed by atoms with van der Waals surface area (Å²) in [6, 6.07) is 133. The SMILES string of the molecule is O=P(c1ccccc1)(c1ccccc1)c1ccc2cc3c(nc2c1)c1ccccc1n1c2ccccc2nc31.O=P(c1ccccc1)(c1ccccc1)c1cccc2c1c1nc3ccccc3cc1c1nc3ccccc3n21.O=P(c1ccccc1)(c1ccccc1)c1cccc2cc3c(nc12)c1ccccc1n1c2ccccc2nc31. The Morgan fingerprint density at radius 3 is 0.991 bits per heavy atom. The molecule has 0 saturated carbocycles. The Morgan fingerprint density at radius 2 is 0.513 bits per heavy atom. The van der Waals surface area contributed by atoms with Crippen LogP contribution in [0.1, 0.15) is 0 Å². The Hall–Kier alpha value is -14.4. The van der Waals surface area contributed by atoms with Crippen molar-refractivity contribution in [3.63, 3.8) is 0 Å². The number of aromatic nitrogens is 9. The van der Waals surface area contributed by atoms with Gasteiger partial charge in [-0.25, -0.2) is 29.9 Å². The average Bonchev–Trinajstić information content (AvgIpc) is 1.67. The molecule has 117 heavy (non-hydrogen) atoms. The van der Waals surface area contributed by atoms with Crippen molar-refractivity contribution in [2.75, 3.05) is 0 Å². The van der Waals surface area contributed by atoms with E-state index in [-0.39, 0.29) is 0 Å². The third-order valence-electron chi connectivity index (χ3n) is 22.8.